The van der Waals surface area contributed by atoms with Gasteiger partial charge in [-0.05, 0) is 38.0 Å². The lowest BCUT2D eigenvalue weighted by Gasteiger charge is -2.02. The first kappa shape index (κ1) is 9.85. The van der Waals surface area contributed by atoms with Crippen LogP contribution in [0.1, 0.15) is 19.4 Å². The summed E-state index contributed by atoms with van der Waals surface area (Å²) in [7, 11) is 0. The van der Waals surface area contributed by atoms with Crippen molar-refractivity contribution in [3.05, 3.63) is 42.0 Å². The first-order valence-corrected chi connectivity index (χ1v) is 4.69. The number of hydrogen-bond donors (Lipinski definition) is 0. The second-order valence-corrected chi connectivity index (χ2v) is 2.85. The molecule has 0 aliphatic carbocycles. The fraction of sp³-hybridized carbons (Fsp3) is 0.333. The first-order chi connectivity index (χ1) is 6.36. The van der Waals surface area contributed by atoms with Crippen molar-refractivity contribution in [2.75, 3.05) is 6.61 Å². The Morgan fingerprint density at radius 1 is 1.23 bits per heavy atom. The molecule has 0 radical (unpaired) electrons. The Labute approximate surface area is 80.0 Å². The Hall–Kier alpha value is -1.24. The molecule has 0 saturated heterocycles. The van der Waals surface area contributed by atoms with Crippen LogP contribution in [0.2, 0.25) is 0 Å². The SMILES string of the molecule is CC=CCc1ccc(OCC)cc1. The van der Waals surface area contributed by atoms with E-state index < -0.39 is 0 Å². The van der Waals surface area contributed by atoms with Crippen molar-refractivity contribution in [2.45, 2.75) is 20.3 Å². The summed E-state index contributed by atoms with van der Waals surface area (Å²) in [5.74, 6) is 0.951. The zero-order valence-electron chi connectivity index (χ0n) is 8.29. The van der Waals surface area contributed by atoms with Crippen molar-refractivity contribution < 1.29 is 4.74 Å². The second kappa shape index (κ2) is 5.41. The lowest BCUT2D eigenvalue weighted by atomic mass is 10.1. The summed E-state index contributed by atoms with van der Waals surface area (Å²) in [6.45, 7) is 4.76. The number of benzene rings is 1. The van der Waals surface area contributed by atoms with Gasteiger partial charge in [-0.1, -0.05) is 24.3 Å². The van der Waals surface area contributed by atoms with Crippen LogP contribution < -0.4 is 4.74 Å². The maximum atomic E-state index is 5.35. The maximum absolute atomic E-state index is 5.35. The van der Waals surface area contributed by atoms with Gasteiger partial charge in [-0.15, -0.1) is 0 Å². The molecule has 0 spiro atoms. The summed E-state index contributed by atoms with van der Waals surface area (Å²) in [6, 6.07) is 8.24. The summed E-state index contributed by atoms with van der Waals surface area (Å²) >= 11 is 0. The van der Waals surface area contributed by atoms with Crippen molar-refractivity contribution >= 4 is 0 Å². The lowest BCUT2D eigenvalue weighted by Crippen LogP contribution is -1.91. The van der Waals surface area contributed by atoms with Crippen LogP contribution in [-0.4, -0.2) is 6.61 Å². The van der Waals surface area contributed by atoms with Gasteiger partial charge in [0.25, 0.3) is 0 Å². The average molecular weight is 176 g/mol. The van der Waals surface area contributed by atoms with Gasteiger partial charge in [0.2, 0.25) is 0 Å². The third-order valence-electron chi connectivity index (χ3n) is 1.82. The van der Waals surface area contributed by atoms with Crippen LogP contribution in [0.25, 0.3) is 0 Å². The molecule has 13 heavy (non-hydrogen) atoms. The standard InChI is InChI=1S/C12H16O/c1-3-5-6-11-7-9-12(10-8-11)13-4-2/h3,5,7-10H,4,6H2,1-2H3. The topological polar surface area (TPSA) is 9.23 Å². The molecule has 0 N–H and O–H groups in total. The zero-order chi connectivity index (χ0) is 9.52. The van der Waals surface area contributed by atoms with E-state index in [0.29, 0.717) is 0 Å². The van der Waals surface area contributed by atoms with Crippen LogP contribution in [-0.2, 0) is 6.42 Å². The largest absolute Gasteiger partial charge is 0.494 e. The van der Waals surface area contributed by atoms with Crippen LogP contribution in [0.15, 0.2) is 36.4 Å². The highest BCUT2D eigenvalue weighted by molar-refractivity contribution is 5.28. The van der Waals surface area contributed by atoms with Crippen LogP contribution in [0.5, 0.6) is 5.75 Å². The van der Waals surface area contributed by atoms with E-state index in [9.17, 15) is 0 Å². The lowest BCUT2D eigenvalue weighted by molar-refractivity contribution is 0.340. The summed E-state index contributed by atoms with van der Waals surface area (Å²) in [6.07, 6.45) is 5.22. The molecule has 0 unspecified atom stereocenters. The van der Waals surface area contributed by atoms with Crippen LogP contribution in [0.3, 0.4) is 0 Å². The highest BCUT2D eigenvalue weighted by atomic mass is 16.5. The van der Waals surface area contributed by atoms with Crippen LogP contribution >= 0.6 is 0 Å². The molecule has 1 heteroatoms. The van der Waals surface area contributed by atoms with Gasteiger partial charge in [0.15, 0.2) is 0 Å². The number of allylic oxidation sites excluding steroid dienone is 2. The van der Waals surface area contributed by atoms with Crippen molar-refractivity contribution in [1.82, 2.24) is 0 Å². The normalized spacial score (nSPS) is 10.6. The minimum atomic E-state index is 0.730. The number of ether oxygens (including phenoxy) is 1. The summed E-state index contributed by atoms with van der Waals surface area (Å²) in [4.78, 5) is 0. The molecule has 0 fully saturated rings. The van der Waals surface area contributed by atoms with Gasteiger partial charge in [-0.25, -0.2) is 0 Å². The van der Waals surface area contributed by atoms with E-state index in [4.69, 9.17) is 4.74 Å². The molecule has 1 aromatic rings. The van der Waals surface area contributed by atoms with E-state index in [0.717, 1.165) is 18.8 Å². The molecule has 1 nitrogen and oxygen atoms in total. The molecular weight excluding hydrogens is 160 g/mol. The van der Waals surface area contributed by atoms with Gasteiger partial charge >= 0.3 is 0 Å². The fourth-order valence-corrected chi connectivity index (χ4v) is 1.14. The highest BCUT2D eigenvalue weighted by Gasteiger charge is 1.91. The van der Waals surface area contributed by atoms with Gasteiger partial charge in [-0.3, -0.25) is 0 Å². The van der Waals surface area contributed by atoms with E-state index >= 15 is 0 Å². The fourth-order valence-electron chi connectivity index (χ4n) is 1.14. The van der Waals surface area contributed by atoms with Crippen LogP contribution in [0.4, 0.5) is 0 Å². The molecule has 0 saturated carbocycles. The van der Waals surface area contributed by atoms with E-state index in [1.807, 2.05) is 26.0 Å². The Bertz CT molecular complexity index is 259. The number of hydrogen-bond acceptors (Lipinski definition) is 1. The van der Waals surface area contributed by atoms with E-state index in [2.05, 4.69) is 24.3 Å². The Morgan fingerprint density at radius 3 is 2.46 bits per heavy atom. The van der Waals surface area contributed by atoms with Gasteiger partial charge in [0, 0.05) is 0 Å². The summed E-state index contributed by atoms with van der Waals surface area (Å²) in [5.41, 5.74) is 1.32. The Morgan fingerprint density at radius 2 is 1.92 bits per heavy atom. The minimum Gasteiger partial charge on any atom is -0.494 e. The molecule has 70 valence electrons. The molecule has 1 rings (SSSR count). The maximum Gasteiger partial charge on any atom is 0.119 e. The van der Waals surface area contributed by atoms with E-state index in [1.165, 1.54) is 5.56 Å². The third kappa shape index (κ3) is 3.32. The average Bonchev–Trinajstić information content (AvgIpc) is 2.17. The van der Waals surface area contributed by atoms with Gasteiger partial charge < -0.3 is 4.74 Å². The van der Waals surface area contributed by atoms with Gasteiger partial charge in [-0.2, -0.15) is 0 Å². The van der Waals surface area contributed by atoms with Crippen molar-refractivity contribution in [2.24, 2.45) is 0 Å². The zero-order valence-corrected chi connectivity index (χ0v) is 8.29. The van der Waals surface area contributed by atoms with Gasteiger partial charge in [0.05, 0.1) is 6.61 Å². The molecular formula is C12H16O. The Balaban J connectivity index is 2.58. The smallest absolute Gasteiger partial charge is 0.119 e. The Kier molecular flexibility index (Phi) is 4.10. The van der Waals surface area contributed by atoms with E-state index in [-0.39, 0.29) is 0 Å². The second-order valence-electron chi connectivity index (χ2n) is 2.85. The molecule has 0 bridgehead atoms. The molecule has 0 aromatic heterocycles. The molecule has 0 amide bonds. The summed E-state index contributed by atoms with van der Waals surface area (Å²) in [5, 5.41) is 0. The minimum absolute atomic E-state index is 0.730. The molecule has 1 aromatic carbocycles. The van der Waals surface area contributed by atoms with Crippen molar-refractivity contribution in [3.63, 3.8) is 0 Å². The van der Waals surface area contributed by atoms with Crippen molar-refractivity contribution in [3.8, 4) is 5.75 Å². The van der Waals surface area contributed by atoms with Crippen molar-refractivity contribution in [1.29, 1.82) is 0 Å². The predicted molar refractivity (Wildman–Crippen MR) is 56.1 cm³/mol. The third-order valence-corrected chi connectivity index (χ3v) is 1.82. The number of rotatable bonds is 4. The van der Waals surface area contributed by atoms with Gasteiger partial charge in [0.1, 0.15) is 5.75 Å². The predicted octanol–water partition coefficient (Wildman–Crippen LogP) is 3.20. The summed E-state index contributed by atoms with van der Waals surface area (Å²) < 4.78 is 5.35. The molecule has 0 aliphatic rings. The molecule has 0 atom stereocenters. The monoisotopic (exact) mass is 176 g/mol. The quantitative estimate of drug-likeness (QED) is 0.640. The van der Waals surface area contributed by atoms with Crippen LogP contribution in [0, 0.1) is 0 Å². The molecule has 0 aliphatic heterocycles. The molecule has 0 heterocycles. The van der Waals surface area contributed by atoms with E-state index in [1.54, 1.807) is 0 Å². The highest BCUT2D eigenvalue weighted by Crippen LogP contribution is 2.12. The first-order valence-electron chi connectivity index (χ1n) is 4.69.